The summed E-state index contributed by atoms with van der Waals surface area (Å²) in [6.45, 7) is 4.06. The number of hydrogen-bond acceptors (Lipinski definition) is 4. The minimum absolute atomic E-state index is 0. The molecule has 7 nitrogen and oxygen atoms in total. The fraction of sp³-hybridized carbons (Fsp3) is 0.389. The normalized spacial score (nSPS) is 15.6. The van der Waals surface area contributed by atoms with Gasteiger partial charge in [-0.15, -0.1) is 24.8 Å². The van der Waals surface area contributed by atoms with E-state index < -0.39 is 5.54 Å². The van der Waals surface area contributed by atoms with Crippen molar-refractivity contribution >= 4 is 36.4 Å². The first kappa shape index (κ1) is 21.2. The van der Waals surface area contributed by atoms with Crippen molar-refractivity contribution in [1.29, 1.82) is 0 Å². The van der Waals surface area contributed by atoms with Gasteiger partial charge in [-0.05, 0) is 50.6 Å². The van der Waals surface area contributed by atoms with E-state index in [0.29, 0.717) is 6.54 Å². The first-order valence-corrected chi connectivity index (χ1v) is 8.61. The summed E-state index contributed by atoms with van der Waals surface area (Å²) in [5.74, 6) is 0.00600. The van der Waals surface area contributed by atoms with Crippen LogP contribution in [0.2, 0.25) is 0 Å². The molecular formula is C18H24Cl2N6O. The third-order valence-corrected chi connectivity index (χ3v) is 4.95. The summed E-state index contributed by atoms with van der Waals surface area (Å²) in [7, 11) is 0. The van der Waals surface area contributed by atoms with Gasteiger partial charge in [0.1, 0.15) is 11.2 Å². The zero-order valence-electron chi connectivity index (χ0n) is 15.1. The van der Waals surface area contributed by atoms with E-state index in [-0.39, 0.29) is 30.7 Å². The lowest BCUT2D eigenvalue weighted by Crippen LogP contribution is -2.54. The molecular weight excluding hydrogens is 387 g/mol. The van der Waals surface area contributed by atoms with Crippen LogP contribution in [0.3, 0.4) is 0 Å². The van der Waals surface area contributed by atoms with Crippen molar-refractivity contribution in [3.63, 3.8) is 0 Å². The number of imidazole rings is 1. The molecule has 3 aromatic heterocycles. The molecule has 2 N–H and O–H groups in total. The van der Waals surface area contributed by atoms with Gasteiger partial charge in [-0.2, -0.15) is 5.10 Å². The molecule has 4 heterocycles. The third-order valence-electron chi connectivity index (χ3n) is 4.95. The van der Waals surface area contributed by atoms with Crippen LogP contribution in [0.4, 0.5) is 0 Å². The lowest BCUT2D eigenvalue weighted by molar-refractivity contribution is -0.132. The second-order valence-electron chi connectivity index (χ2n) is 6.57. The van der Waals surface area contributed by atoms with E-state index in [1.54, 1.807) is 10.9 Å². The topological polar surface area (TPSA) is 76.2 Å². The Balaban J connectivity index is 0.00000131. The van der Waals surface area contributed by atoms with E-state index in [1.165, 1.54) is 0 Å². The Labute approximate surface area is 170 Å². The Hall–Kier alpha value is -2.09. The average molecular weight is 411 g/mol. The van der Waals surface area contributed by atoms with Crippen LogP contribution >= 0.6 is 24.8 Å². The Morgan fingerprint density at radius 3 is 2.70 bits per heavy atom. The molecule has 0 aromatic carbocycles. The average Bonchev–Trinajstić information content (AvgIpc) is 3.31. The number of nitrogens with one attached hydrogen (secondary N) is 2. The monoisotopic (exact) mass is 410 g/mol. The molecule has 4 rings (SSSR count). The van der Waals surface area contributed by atoms with Gasteiger partial charge in [-0.1, -0.05) is 6.07 Å². The van der Waals surface area contributed by atoms with Crippen LogP contribution in [-0.4, -0.2) is 38.2 Å². The zero-order valence-corrected chi connectivity index (χ0v) is 16.7. The number of rotatable bonds is 4. The number of aromatic nitrogens is 4. The van der Waals surface area contributed by atoms with E-state index in [0.717, 1.165) is 42.8 Å². The second-order valence-corrected chi connectivity index (χ2v) is 6.57. The highest BCUT2D eigenvalue weighted by molar-refractivity contribution is 5.85. The van der Waals surface area contributed by atoms with E-state index in [1.807, 2.05) is 48.1 Å². The van der Waals surface area contributed by atoms with Crippen LogP contribution in [-0.2, 0) is 16.9 Å². The number of hydrogen-bond donors (Lipinski definition) is 2. The number of pyridine rings is 1. The highest BCUT2D eigenvalue weighted by Gasteiger charge is 2.41. The first-order chi connectivity index (χ1) is 12.2. The van der Waals surface area contributed by atoms with Gasteiger partial charge in [-0.25, -0.2) is 4.98 Å². The quantitative estimate of drug-likeness (QED) is 0.690. The van der Waals surface area contributed by atoms with Gasteiger partial charge in [-0.3, -0.25) is 9.48 Å². The maximum absolute atomic E-state index is 13.0. The largest absolute Gasteiger partial charge is 0.348 e. The van der Waals surface area contributed by atoms with Gasteiger partial charge < -0.3 is 15.0 Å². The van der Waals surface area contributed by atoms with Gasteiger partial charge in [0.15, 0.2) is 0 Å². The predicted octanol–water partition coefficient (Wildman–Crippen LogP) is 2.08. The van der Waals surface area contributed by atoms with Gasteiger partial charge in [0.2, 0.25) is 5.91 Å². The van der Waals surface area contributed by atoms with Crippen molar-refractivity contribution in [2.24, 2.45) is 0 Å². The lowest BCUT2D eigenvalue weighted by Gasteiger charge is -2.36. The van der Waals surface area contributed by atoms with Gasteiger partial charge in [0, 0.05) is 24.8 Å². The van der Waals surface area contributed by atoms with E-state index in [2.05, 4.69) is 20.7 Å². The number of fused-ring (bicyclic) bond motifs is 1. The summed E-state index contributed by atoms with van der Waals surface area (Å²) in [6, 6.07) is 5.89. The number of aryl methyl sites for hydroxylation is 1. The standard InChI is InChI=1S/C18H22N6O.2ClH/c1-14-4-2-10-23-13-15(22-16(14)23)12-20-17(25)18(5-8-19-9-6-18)24-11-3-7-21-24;;/h2-4,7,10-11,13,19H,5-6,8-9,12H2,1H3,(H,20,25);2*1H. The fourth-order valence-corrected chi connectivity index (χ4v) is 3.55. The smallest absolute Gasteiger partial charge is 0.248 e. The minimum atomic E-state index is -0.621. The van der Waals surface area contributed by atoms with Gasteiger partial charge in [0.25, 0.3) is 0 Å². The summed E-state index contributed by atoms with van der Waals surface area (Å²) in [4.78, 5) is 17.7. The molecule has 3 aromatic rings. The van der Waals surface area contributed by atoms with Crippen molar-refractivity contribution in [2.45, 2.75) is 31.8 Å². The Bertz CT molecular complexity index is 887. The SMILES string of the molecule is Cc1cccn2cc(CNC(=O)C3(n4cccn4)CCNCC3)nc12.Cl.Cl. The van der Waals surface area contributed by atoms with E-state index in [9.17, 15) is 4.79 Å². The Kier molecular flexibility index (Phi) is 6.86. The molecule has 1 fully saturated rings. The summed E-state index contributed by atoms with van der Waals surface area (Å²) >= 11 is 0. The molecule has 1 saturated heterocycles. The minimum Gasteiger partial charge on any atom is -0.348 e. The van der Waals surface area contributed by atoms with Crippen LogP contribution in [0.15, 0.2) is 43.0 Å². The van der Waals surface area contributed by atoms with Crippen molar-refractivity contribution < 1.29 is 4.79 Å². The summed E-state index contributed by atoms with van der Waals surface area (Å²) in [5.41, 5.74) is 2.28. The summed E-state index contributed by atoms with van der Waals surface area (Å²) < 4.78 is 3.79. The summed E-state index contributed by atoms with van der Waals surface area (Å²) in [6.07, 6.45) is 8.99. The van der Waals surface area contributed by atoms with Crippen LogP contribution in [0.1, 0.15) is 24.1 Å². The lowest BCUT2D eigenvalue weighted by atomic mass is 9.87. The van der Waals surface area contributed by atoms with Gasteiger partial charge in [0.05, 0.1) is 12.2 Å². The van der Waals surface area contributed by atoms with Crippen LogP contribution in [0.25, 0.3) is 5.65 Å². The van der Waals surface area contributed by atoms with Crippen molar-refractivity contribution in [3.8, 4) is 0 Å². The molecule has 0 saturated carbocycles. The fourth-order valence-electron chi connectivity index (χ4n) is 3.55. The molecule has 1 aliphatic rings. The Morgan fingerprint density at radius 2 is 2.04 bits per heavy atom. The highest BCUT2D eigenvalue weighted by atomic mass is 35.5. The molecule has 146 valence electrons. The molecule has 1 amide bonds. The van der Waals surface area contributed by atoms with Crippen molar-refractivity contribution in [3.05, 3.63) is 54.2 Å². The molecule has 27 heavy (non-hydrogen) atoms. The number of nitrogens with zero attached hydrogens (tertiary/aromatic N) is 4. The van der Waals surface area contributed by atoms with Gasteiger partial charge >= 0.3 is 0 Å². The molecule has 0 bridgehead atoms. The van der Waals surface area contributed by atoms with Crippen molar-refractivity contribution in [2.75, 3.05) is 13.1 Å². The molecule has 0 spiro atoms. The molecule has 0 atom stereocenters. The number of carbonyl (C=O) groups excluding carboxylic acids is 1. The molecule has 0 radical (unpaired) electrons. The van der Waals surface area contributed by atoms with E-state index in [4.69, 9.17) is 0 Å². The molecule has 0 unspecified atom stereocenters. The van der Waals surface area contributed by atoms with Crippen molar-refractivity contribution in [1.82, 2.24) is 29.8 Å². The maximum atomic E-state index is 13.0. The molecule has 1 aliphatic heterocycles. The number of halogens is 2. The zero-order chi connectivity index (χ0) is 17.3. The predicted molar refractivity (Wildman–Crippen MR) is 109 cm³/mol. The van der Waals surface area contributed by atoms with Crippen LogP contribution in [0.5, 0.6) is 0 Å². The first-order valence-electron chi connectivity index (χ1n) is 8.61. The summed E-state index contributed by atoms with van der Waals surface area (Å²) in [5, 5.41) is 10.7. The van der Waals surface area contributed by atoms with E-state index >= 15 is 0 Å². The maximum Gasteiger partial charge on any atom is 0.248 e. The molecule has 0 aliphatic carbocycles. The second kappa shape index (κ2) is 8.73. The Morgan fingerprint density at radius 1 is 1.26 bits per heavy atom. The number of piperidine rings is 1. The van der Waals surface area contributed by atoms with Crippen LogP contribution in [0, 0.1) is 6.92 Å². The van der Waals surface area contributed by atoms with Crippen LogP contribution < -0.4 is 10.6 Å². The molecule has 9 heteroatoms. The number of amides is 1. The number of carbonyl (C=O) groups is 1. The highest BCUT2D eigenvalue weighted by Crippen LogP contribution is 2.27. The third kappa shape index (κ3) is 3.95.